The van der Waals surface area contributed by atoms with Crippen molar-refractivity contribution in [2.24, 2.45) is 0 Å². The molecule has 2 N–H and O–H groups in total. The van der Waals surface area contributed by atoms with Crippen molar-refractivity contribution in [3.63, 3.8) is 0 Å². The molecule has 0 heterocycles. The molecule has 2 rings (SSSR count). The van der Waals surface area contributed by atoms with Gasteiger partial charge in [0.15, 0.2) is 5.78 Å². The molecule has 0 radical (unpaired) electrons. The molecule has 0 aliphatic rings. The van der Waals surface area contributed by atoms with Crippen LogP contribution in [0.15, 0.2) is 42.5 Å². The minimum Gasteiger partial charge on any atom is -0.493 e. The number of anilines is 1. The number of aryl methyl sites for hydroxylation is 1. The number of carbonyl (C=O) groups is 1. The first-order valence-electron chi connectivity index (χ1n) is 6.26. The molecule has 0 unspecified atom stereocenters. The Hall–Kier alpha value is -2.29. The number of nitrogen functional groups attached to an aromatic ring is 1. The number of benzene rings is 2. The number of nitrogens with two attached hydrogens (primary N) is 1. The maximum atomic E-state index is 12.6. The van der Waals surface area contributed by atoms with Gasteiger partial charge in [0.25, 0.3) is 0 Å². The Morgan fingerprint density at radius 1 is 1.16 bits per heavy atom. The van der Waals surface area contributed by atoms with Crippen LogP contribution >= 0.6 is 0 Å². The van der Waals surface area contributed by atoms with Gasteiger partial charge in [0, 0.05) is 11.3 Å². The molecule has 0 fully saturated rings. The summed E-state index contributed by atoms with van der Waals surface area (Å²) in [6.45, 7) is 4.31. The van der Waals surface area contributed by atoms with Crippen molar-refractivity contribution in [2.75, 3.05) is 12.3 Å². The van der Waals surface area contributed by atoms with Crippen molar-refractivity contribution in [1.82, 2.24) is 0 Å². The Morgan fingerprint density at radius 3 is 2.58 bits per heavy atom. The molecule has 0 saturated heterocycles. The molecule has 0 aliphatic heterocycles. The van der Waals surface area contributed by atoms with Gasteiger partial charge in [-0.1, -0.05) is 12.1 Å². The lowest BCUT2D eigenvalue weighted by molar-refractivity contribution is 0.103. The van der Waals surface area contributed by atoms with E-state index in [1.165, 1.54) is 0 Å². The molecule has 2 aromatic carbocycles. The van der Waals surface area contributed by atoms with Gasteiger partial charge in [0.2, 0.25) is 0 Å². The van der Waals surface area contributed by atoms with Gasteiger partial charge in [0.05, 0.1) is 12.2 Å². The van der Waals surface area contributed by atoms with Gasteiger partial charge in [-0.3, -0.25) is 4.79 Å². The average molecular weight is 255 g/mol. The molecule has 3 heteroatoms. The van der Waals surface area contributed by atoms with Gasteiger partial charge in [-0.2, -0.15) is 0 Å². The fraction of sp³-hybridized carbons (Fsp3) is 0.188. The number of hydrogen-bond donors (Lipinski definition) is 1. The summed E-state index contributed by atoms with van der Waals surface area (Å²) in [5.74, 6) is 0.577. The summed E-state index contributed by atoms with van der Waals surface area (Å²) in [6, 6.07) is 12.6. The largest absolute Gasteiger partial charge is 0.493 e. The zero-order valence-corrected chi connectivity index (χ0v) is 11.1. The van der Waals surface area contributed by atoms with E-state index >= 15 is 0 Å². The lowest BCUT2D eigenvalue weighted by atomic mass is 9.98. The third kappa shape index (κ3) is 2.76. The molecular formula is C16H17NO2. The molecule has 0 aromatic heterocycles. The Balaban J connectivity index is 2.44. The van der Waals surface area contributed by atoms with Gasteiger partial charge < -0.3 is 10.5 Å². The minimum atomic E-state index is -0.0402. The van der Waals surface area contributed by atoms with Crippen molar-refractivity contribution in [3.8, 4) is 5.75 Å². The fourth-order valence-electron chi connectivity index (χ4n) is 2.02. The average Bonchev–Trinajstić information content (AvgIpc) is 2.39. The summed E-state index contributed by atoms with van der Waals surface area (Å²) in [4.78, 5) is 12.6. The molecule has 19 heavy (non-hydrogen) atoms. The quantitative estimate of drug-likeness (QED) is 0.674. The SMILES string of the molecule is CCOc1ccccc1C(=O)c1ccc(N)cc1C. The van der Waals surface area contributed by atoms with E-state index in [2.05, 4.69) is 0 Å². The first-order valence-corrected chi connectivity index (χ1v) is 6.26. The Morgan fingerprint density at radius 2 is 1.89 bits per heavy atom. The van der Waals surface area contributed by atoms with Gasteiger partial charge >= 0.3 is 0 Å². The Kier molecular flexibility index (Phi) is 3.85. The van der Waals surface area contributed by atoms with E-state index in [-0.39, 0.29) is 5.78 Å². The lowest BCUT2D eigenvalue weighted by Gasteiger charge is -2.10. The van der Waals surface area contributed by atoms with Crippen LogP contribution in [0.1, 0.15) is 28.4 Å². The number of hydrogen-bond acceptors (Lipinski definition) is 3. The summed E-state index contributed by atoms with van der Waals surface area (Å²) in [5, 5.41) is 0. The number of ketones is 1. The summed E-state index contributed by atoms with van der Waals surface area (Å²) >= 11 is 0. The third-order valence-electron chi connectivity index (χ3n) is 2.93. The van der Waals surface area contributed by atoms with Gasteiger partial charge in [0.1, 0.15) is 5.75 Å². The predicted molar refractivity (Wildman–Crippen MR) is 76.6 cm³/mol. The summed E-state index contributed by atoms with van der Waals surface area (Å²) < 4.78 is 5.50. The first-order chi connectivity index (χ1) is 9.13. The highest BCUT2D eigenvalue weighted by Gasteiger charge is 2.16. The van der Waals surface area contributed by atoms with Crippen LogP contribution in [0.2, 0.25) is 0 Å². The summed E-state index contributed by atoms with van der Waals surface area (Å²) in [5.41, 5.74) is 8.47. The number of carbonyl (C=O) groups excluding carboxylic acids is 1. The second-order valence-corrected chi connectivity index (χ2v) is 4.33. The highest BCUT2D eigenvalue weighted by Crippen LogP contribution is 2.23. The highest BCUT2D eigenvalue weighted by atomic mass is 16.5. The molecule has 0 saturated carbocycles. The smallest absolute Gasteiger partial charge is 0.197 e. The molecule has 3 nitrogen and oxygen atoms in total. The van der Waals surface area contributed by atoms with Crippen LogP contribution in [0, 0.1) is 6.92 Å². The van der Waals surface area contributed by atoms with E-state index in [0.717, 1.165) is 5.56 Å². The number of ether oxygens (including phenoxy) is 1. The van der Waals surface area contributed by atoms with E-state index in [0.29, 0.717) is 29.2 Å². The second kappa shape index (κ2) is 5.57. The molecular weight excluding hydrogens is 238 g/mol. The first kappa shape index (κ1) is 13.1. The number of rotatable bonds is 4. The van der Waals surface area contributed by atoms with E-state index < -0.39 is 0 Å². The topological polar surface area (TPSA) is 52.3 Å². The highest BCUT2D eigenvalue weighted by molar-refractivity contribution is 6.11. The van der Waals surface area contributed by atoms with Crippen LogP contribution in [-0.4, -0.2) is 12.4 Å². The molecule has 0 bridgehead atoms. The van der Waals surface area contributed by atoms with Crippen molar-refractivity contribution in [2.45, 2.75) is 13.8 Å². The van der Waals surface area contributed by atoms with Gasteiger partial charge in [-0.05, 0) is 49.7 Å². The molecule has 0 atom stereocenters. The number of para-hydroxylation sites is 1. The van der Waals surface area contributed by atoms with E-state index in [4.69, 9.17) is 10.5 Å². The van der Waals surface area contributed by atoms with E-state index in [1.54, 1.807) is 24.3 Å². The fourth-order valence-corrected chi connectivity index (χ4v) is 2.02. The zero-order valence-electron chi connectivity index (χ0n) is 11.1. The van der Waals surface area contributed by atoms with Crippen molar-refractivity contribution in [1.29, 1.82) is 0 Å². The van der Waals surface area contributed by atoms with Crippen LogP contribution in [0.5, 0.6) is 5.75 Å². The van der Waals surface area contributed by atoms with Crippen LogP contribution in [-0.2, 0) is 0 Å². The van der Waals surface area contributed by atoms with Crippen molar-refractivity contribution < 1.29 is 9.53 Å². The van der Waals surface area contributed by atoms with Crippen LogP contribution in [0.4, 0.5) is 5.69 Å². The Labute approximate surface area is 113 Å². The summed E-state index contributed by atoms with van der Waals surface area (Å²) in [6.07, 6.45) is 0. The maximum absolute atomic E-state index is 12.6. The zero-order chi connectivity index (χ0) is 13.8. The monoisotopic (exact) mass is 255 g/mol. The lowest BCUT2D eigenvalue weighted by Crippen LogP contribution is -2.07. The molecule has 0 amide bonds. The van der Waals surface area contributed by atoms with Crippen molar-refractivity contribution in [3.05, 3.63) is 59.2 Å². The predicted octanol–water partition coefficient (Wildman–Crippen LogP) is 3.21. The summed E-state index contributed by atoms with van der Waals surface area (Å²) in [7, 11) is 0. The van der Waals surface area contributed by atoms with Crippen molar-refractivity contribution >= 4 is 11.5 Å². The van der Waals surface area contributed by atoms with E-state index in [9.17, 15) is 4.79 Å². The minimum absolute atomic E-state index is 0.0402. The van der Waals surface area contributed by atoms with Gasteiger partial charge in [-0.25, -0.2) is 0 Å². The Bertz CT molecular complexity index is 605. The van der Waals surface area contributed by atoms with Gasteiger partial charge in [-0.15, -0.1) is 0 Å². The molecule has 2 aromatic rings. The molecule has 98 valence electrons. The second-order valence-electron chi connectivity index (χ2n) is 4.33. The third-order valence-corrected chi connectivity index (χ3v) is 2.93. The molecule has 0 aliphatic carbocycles. The van der Waals surface area contributed by atoms with Crippen LogP contribution < -0.4 is 10.5 Å². The maximum Gasteiger partial charge on any atom is 0.197 e. The van der Waals surface area contributed by atoms with Crippen LogP contribution in [0.3, 0.4) is 0 Å². The van der Waals surface area contributed by atoms with Crippen LogP contribution in [0.25, 0.3) is 0 Å². The molecule has 0 spiro atoms. The van der Waals surface area contributed by atoms with E-state index in [1.807, 2.05) is 32.0 Å². The standard InChI is InChI=1S/C16H17NO2/c1-3-19-15-7-5-4-6-14(15)16(18)13-9-8-12(17)10-11(13)2/h4-10H,3,17H2,1-2H3. The normalized spacial score (nSPS) is 10.2.